The van der Waals surface area contributed by atoms with Crippen molar-refractivity contribution < 1.29 is 4.92 Å². The molecule has 0 spiro atoms. The number of likely N-dealkylation sites (N-methyl/N-ethyl adjacent to an activating group) is 1. The number of aromatic nitrogens is 2. The molecule has 3 rings (SSSR count). The second-order valence-electron chi connectivity index (χ2n) is 6.86. The Kier molecular flexibility index (Phi) is 5.15. The predicted octanol–water partition coefficient (Wildman–Crippen LogP) is 2.57. The van der Waals surface area contributed by atoms with Crippen molar-refractivity contribution in [3.8, 4) is 11.3 Å². The molecule has 1 aromatic heterocycles. The summed E-state index contributed by atoms with van der Waals surface area (Å²) in [5.74, 6) is 0. The van der Waals surface area contributed by atoms with Crippen molar-refractivity contribution in [2.24, 2.45) is 7.05 Å². The van der Waals surface area contributed by atoms with Crippen molar-refractivity contribution in [3.05, 3.63) is 46.1 Å². The number of hydrogen-bond acceptors (Lipinski definition) is 5. The molecule has 0 bridgehead atoms. The Morgan fingerprint density at radius 3 is 2.68 bits per heavy atom. The molecule has 0 amide bonds. The summed E-state index contributed by atoms with van der Waals surface area (Å²) in [7, 11) is 4.08. The molecule has 0 saturated heterocycles. The third-order valence-corrected chi connectivity index (χ3v) is 4.83. The average Bonchev–Trinajstić information content (AvgIpc) is 3.37. The average molecular weight is 343 g/mol. The Morgan fingerprint density at radius 1 is 1.40 bits per heavy atom. The Morgan fingerprint density at radius 2 is 2.08 bits per heavy atom. The van der Waals surface area contributed by atoms with Crippen LogP contribution in [0.15, 0.2) is 30.5 Å². The van der Waals surface area contributed by atoms with Gasteiger partial charge in [0, 0.05) is 61.7 Å². The van der Waals surface area contributed by atoms with E-state index in [0.717, 1.165) is 36.0 Å². The molecule has 1 aromatic carbocycles. The van der Waals surface area contributed by atoms with Crippen molar-refractivity contribution in [1.82, 2.24) is 20.0 Å². The van der Waals surface area contributed by atoms with Crippen LogP contribution in [0.2, 0.25) is 0 Å². The van der Waals surface area contributed by atoms with Crippen LogP contribution in [0.25, 0.3) is 11.3 Å². The molecule has 0 radical (unpaired) electrons. The first-order chi connectivity index (χ1) is 12.0. The summed E-state index contributed by atoms with van der Waals surface area (Å²) >= 11 is 0. The van der Waals surface area contributed by atoms with Crippen LogP contribution in [0.3, 0.4) is 0 Å². The highest BCUT2D eigenvalue weighted by molar-refractivity contribution is 5.64. The molecule has 1 saturated carbocycles. The van der Waals surface area contributed by atoms with Gasteiger partial charge in [0.15, 0.2) is 0 Å². The molecule has 1 unspecified atom stereocenters. The van der Waals surface area contributed by atoms with Gasteiger partial charge in [0.1, 0.15) is 0 Å². The summed E-state index contributed by atoms with van der Waals surface area (Å²) < 4.78 is 1.79. The predicted molar refractivity (Wildman–Crippen MR) is 97.3 cm³/mol. The van der Waals surface area contributed by atoms with E-state index in [1.807, 2.05) is 13.2 Å². The highest BCUT2D eigenvalue weighted by Gasteiger charge is 2.28. The highest BCUT2D eigenvalue weighted by Crippen LogP contribution is 2.27. The van der Waals surface area contributed by atoms with Crippen molar-refractivity contribution >= 4 is 5.69 Å². The van der Waals surface area contributed by atoms with E-state index in [9.17, 15) is 10.1 Å². The van der Waals surface area contributed by atoms with Crippen LogP contribution in [0, 0.1) is 10.1 Å². The van der Waals surface area contributed by atoms with Gasteiger partial charge in [-0.3, -0.25) is 19.7 Å². The molecule has 1 fully saturated rings. The maximum Gasteiger partial charge on any atom is 0.269 e. The maximum absolute atomic E-state index is 10.8. The van der Waals surface area contributed by atoms with E-state index < -0.39 is 0 Å². The summed E-state index contributed by atoms with van der Waals surface area (Å²) in [5.41, 5.74) is 2.95. The quantitative estimate of drug-likeness (QED) is 0.589. The van der Waals surface area contributed by atoms with Crippen LogP contribution in [0.5, 0.6) is 0 Å². The van der Waals surface area contributed by atoms with Gasteiger partial charge in [-0.05, 0) is 38.9 Å². The molecule has 0 aliphatic heterocycles. The second kappa shape index (κ2) is 7.33. The van der Waals surface area contributed by atoms with E-state index >= 15 is 0 Å². The second-order valence-corrected chi connectivity index (χ2v) is 6.86. The zero-order chi connectivity index (χ0) is 18.0. The van der Waals surface area contributed by atoms with Crippen molar-refractivity contribution in [2.75, 3.05) is 13.6 Å². The lowest BCUT2D eigenvalue weighted by atomic mass is 10.1. The molecule has 1 aliphatic carbocycles. The molecule has 134 valence electrons. The third kappa shape index (κ3) is 4.24. The SMILES string of the molecule is CC(CNCc1cn(C)nc1-c1ccc([N+](=O)[O-])cc1)N(C)C1CC1. The first-order valence-electron chi connectivity index (χ1n) is 8.65. The Balaban J connectivity index is 1.65. The number of non-ortho nitro benzene ring substituents is 1. The first-order valence-corrected chi connectivity index (χ1v) is 8.65. The number of rotatable bonds is 8. The van der Waals surface area contributed by atoms with E-state index in [1.54, 1.807) is 16.8 Å². The van der Waals surface area contributed by atoms with Gasteiger partial charge in [-0.1, -0.05) is 0 Å². The number of nitrogens with one attached hydrogen (secondary N) is 1. The molecule has 1 heterocycles. The molecule has 1 N–H and O–H groups in total. The van der Waals surface area contributed by atoms with E-state index in [1.165, 1.54) is 25.0 Å². The largest absolute Gasteiger partial charge is 0.311 e. The fourth-order valence-corrected chi connectivity index (χ4v) is 3.05. The van der Waals surface area contributed by atoms with Gasteiger partial charge in [0.2, 0.25) is 0 Å². The normalized spacial score (nSPS) is 15.5. The minimum Gasteiger partial charge on any atom is -0.311 e. The number of nitro benzene ring substituents is 1. The van der Waals surface area contributed by atoms with E-state index in [0.29, 0.717) is 6.04 Å². The molecule has 25 heavy (non-hydrogen) atoms. The van der Waals surface area contributed by atoms with Crippen LogP contribution in [0.4, 0.5) is 5.69 Å². The topological polar surface area (TPSA) is 76.2 Å². The highest BCUT2D eigenvalue weighted by atomic mass is 16.6. The smallest absolute Gasteiger partial charge is 0.269 e. The van der Waals surface area contributed by atoms with Crippen molar-refractivity contribution in [3.63, 3.8) is 0 Å². The Hall–Kier alpha value is -2.25. The zero-order valence-electron chi connectivity index (χ0n) is 15.0. The van der Waals surface area contributed by atoms with Crippen LogP contribution < -0.4 is 5.32 Å². The van der Waals surface area contributed by atoms with Gasteiger partial charge in [-0.15, -0.1) is 0 Å². The molecule has 7 nitrogen and oxygen atoms in total. The maximum atomic E-state index is 10.8. The van der Waals surface area contributed by atoms with Gasteiger partial charge >= 0.3 is 0 Å². The number of nitrogens with zero attached hydrogens (tertiary/aromatic N) is 4. The molecular weight excluding hydrogens is 318 g/mol. The number of nitro groups is 1. The van der Waals surface area contributed by atoms with Gasteiger partial charge in [-0.25, -0.2) is 0 Å². The number of benzene rings is 1. The van der Waals surface area contributed by atoms with Crippen LogP contribution in [0.1, 0.15) is 25.3 Å². The fourth-order valence-electron chi connectivity index (χ4n) is 3.05. The Bertz CT molecular complexity index is 736. The van der Waals surface area contributed by atoms with Crippen LogP contribution >= 0.6 is 0 Å². The summed E-state index contributed by atoms with van der Waals surface area (Å²) in [6, 6.07) is 7.81. The lowest BCUT2D eigenvalue weighted by Gasteiger charge is -2.24. The molecule has 2 aromatic rings. The number of aryl methyl sites for hydroxylation is 1. The zero-order valence-corrected chi connectivity index (χ0v) is 15.0. The van der Waals surface area contributed by atoms with Gasteiger partial charge in [0.05, 0.1) is 10.6 Å². The van der Waals surface area contributed by atoms with E-state index in [4.69, 9.17) is 0 Å². The minimum atomic E-state index is -0.386. The summed E-state index contributed by atoms with van der Waals surface area (Å²) in [4.78, 5) is 12.9. The van der Waals surface area contributed by atoms with Gasteiger partial charge in [-0.2, -0.15) is 5.10 Å². The molecule has 1 atom stereocenters. The minimum absolute atomic E-state index is 0.0938. The molecular formula is C18H25N5O2. The van der Waals surface area contributed by atoms with Crippen molar-refractivity contribution in [1.29, 1.82) is 0 Å². The van der Waals surface area contributed by atoms with E-state index in [2.05, 4.69) is 29.3 Å². The van der Waals surface area contributed by atoms with E-state index in [-0.39, 0.29) is 10.6 Å². The van der Waals surface area contributed by atoms with Crippen molar-refractivity contribution in [2.45, 2.75) is 38.4 Å². The summed E-state index contributed by atoms with van der Waals surface area (Å²) in [6.45, 7) is 3.89. The third-order valence-electron chi connectivity index (χ3n) is 4.83. The summed E-state index contributed by atoms with van der Waals surface area (Å²) in [5, 5.41) is 18.8. The fraction of sp³-hybridized carbons (Fsp3) is 0.500. The first kappa shape index (κ1) is 17.6. The standard InChI is InChI=1S/C18H25N5O2/c1-13(22(3)16-8-9-16)10-19-11-15-12-21(2)20-18(15)14-4-6-17(7-5-14)23(24)25/h4-7,12-13,16,19H,8-11H2,1-3H3. The lowest BCUT2D eigenvalue weighted by molar-refractivity contribution is -0.384. The number of hydrogen-bond donors (Lipinski definition) is 1. The van der Waals surface area contributed by atoms with Gasteiger partial charge in [0.25, 0.3) is 5.69 Å². The monoisotopic (exact) mass is 343 g/mol. The summed E-state index contributed by atoms with van der Waals surface area (Å²) in [6.07, 6.45) is 4.63. The lowest BCUT2D eigenvalue weighted by Crippen LogP contribution is -2.38. The molecule has 1 aliphatic rings. The van der Waals surface area contributed by atoms with Crippen LogP contribution in [-0.4, -0.2) is 45.3 Å². The molecule has 7 heteroatoms. The van der Waals surface area contributed by atoms with Gasteiger partial charge < -0.3 is 5.32 Å². The van der Waals surface area contributed by atoms with Crippen LogP contribution in [-0.2, 0) is 13.6 Å². The Labute approximate surface area is 147 Å².